The first-order chi connectivity index (χ1) is 10.8. The topological polar surface area (TPSA) is 35.3 Å². The molecule has 112 valence electrons. The lowest BCUT2D eigenvalue weighted by molar-refractivity contribution is 0.346. The summed E-state index contributed by atoms with van der Waals surface area (Å²) < 4.78 is 11.9. The number of nitrogens with zero attached hydrogens (tertiary/aromatic N) is 1. The van der Waals surface area contributed by atoms with Gasteiger partial charge in [0, 0.05) is 9.99 Å². The third-order valence-corrected chi connectivity index (χ3v) is 3.75. The number of hydrogen-bond acceptors (Lipinski definition) is 3. The number of halogens is 1. The fourth-order valence-electron chi connectivity index (χ4n) is 2.23. The molecule has 0 unspecified atom stereocenters. The van der Waals surface area contributed by atoms with Crippen LogP contribution in [0.5, 0.6) is 5.75 Å². The van der Waals surface area contributed by atoms with Gasteiger partial charge in [-0.3, -0.25) is 0 Å². The largest absolute Gasteiger partial charge is 0.493 e. The molecule has 0 atom stereocenters. The molecule has 3 nitrogen and oxygen atoms in total. The van der Waals surface area contributed by atoms with Gasteiger partial charge in [-0.05, 0) is 41.8 Å². The van der Waals surface area contributed by atoms with Crippen molar-refractivity contribution in [3.8, 4) is 17.2 Å². The molecule has 3 aromatic rings. The van der Waals surface area contributed by atoms with Gasteiger partial charge in [-0.15, -0.1) is 0 Å². The minimum absolute atomic E-state index is 0.656. The summed E-state index contributed by atoms with van der Waals surface area (Å²) in [5, 5.41) is 0. The number of hydrogen-bond donors (Lipinski definition) is 0. The van der Waals surface area contributed by atoms with Crippen molar-refractivity contribution in [1.29, 1.82) is 0 Å². The molecule has 4 heteroatoms. The molecule has 0 radical (unpaired) electrons. The van der Waals surface area contributed by atoms with Crippen LogP contribution in [0.4, 0.5) is 0 Å². The number of alkyl halides is 1. The zero-order valence-electron chi connectivity index (χ0n) is 12.0. The van der Waals surface area contributed by atoms with Crippen LogP contribution in [0.25, 0.3) is 11.5 Å². The molecule has 0 saturated heterocycles. The molecular formula is C18H16INO2. The fourth-order valence-corrected chi connectivity index (χ4v) is 2.45. The van der Waals surface area contributed by atoms with Crippen LogP contribution in [0.3, 0.4) is 0 Å². The Hall–Kier alpha value is -1.82. The van der Waals surface area contributed by atoms with Crippen LogP contribution in [-0.2, 0) is 6.42 Å². The Morgan fingerprint density at radius 2 is 1.64 bits per heavy atom. The van der Waals surface area contributed by atoms with Gasteiger partial charge in [-0.25, -0.2) is 4.98 Å². The second-order valence-corrected chi connectivity index (χ2v) is 5.97. The van der Waals surface area contributed by atoms with Gasteiger partial charge in [0.25, 0.3) is 0 Å². The Morgan fingerprint density at radius 3 is 2.23 bits per heavy atom. The molecule has 0 bridgehead atoms. The first kappa shape index (κ1) is 15.1. The van der Waals surface area contributed by atoms with Gasteiger partial charge >= 0.3 is 0 Å². The standard InChI is InChI=1S/C18H16INO2/c19-9-11-21-17-7-3-15(4-8-17)13-14-1-5-16(6-2-14)18-20-10-12-22-18/h1-8,10,12H,9,11,13H2. The molecule has 0 aliphatic carbocycles. The fraction of sp³-hybridized carbons (Fsp3) is 0.167. The van der Waals surface area contributed by atoms with Crippen LogP contribution >= 0.6 is 22.6 Å². The highest BCUT2D eigenvalue weighted by Crippen LogP contribution is 2.20. The third-order valence-electron chi connectivity index (χ3n) is 3.31. The molecule has 0 amide bonds. The van der Waals surface area contributed by atoms with Crippen molar-refractivity contribution in [2.45, 2.75) is 6.42 Å². The van der Waals surface area contributed by atoms with Crippen molar-refractivity contribution in [1.82, 2.24) is 4.98 Å². The van der Waals surface area contributed by atoms with Crippen molar-refractivity contribution in [3.05, 3.63) is 72.1 Å². The van der Waals surface area contributed by atoms with Crippen molar-refractivity contribution in [2.24, 2.45) is 0 Å². The monoisotopic (exact) mass is 405 g/mol. The maximum atomic E-state index is 5.59. The molecule has 2 aromatic carbocycles. The Bertz CT molecular complexity index is 691. The summed E-state index contributed by atoms with van der Waals surface area (Å²) in [6, 6.07) is 16.6. The number of aromatic nitrogens is 1. The molecule has 22 heavy (non-hydrogen) atoms. The summed E-state index contributed by atoms with van der Waals surface area (Å²) >= 11 is 2.31. The third kappa shape index (κ3) is 3.88. The highest BCUT2D eigenvalue weighted by molar-refractivity contribution is 14.1. The minimum Gasteiger partial charge on any atom is -0.493 e. The van der Waals surface area contributed by atoms with Gasteiger partial charge in [-0.1, -0.05) is 46.9 Å². The summed E-state index contributed by atoms with van der Waals surface area (Å²) in [4.78, 5) is 4.15. The van der Waals surface area contributed by atoms with Gasteiger partial charge in [0.15, 0.2) is 0 Å². The van der Waals surface area contributed by atoms with E-state index in [9.17, 15) is 0 Å². The zero-order chi connectivity index (χ0) is 15.2. The second kappa shape index (κ2) is 7.45. The highest BCUT2D eigenvalue weighted by atomic mass is 127. The predicted octanol–water partition coefficient (Wildman–Crippen LogP) is 4.75. The lowest BCUT2D eigenvalue weighted by Gasteiger charge is -2.06. The lowest BCUT2D eigenvalue weighted by atomic mass is 10.0. The van der Waals surface area contributed by atoms with Crippen molar-refractivity contribution in [2.75, 3.05) is 11.0 Å². The Morgan fingerprint density at radius 1 is 0.955 bits per heavy atom. The highest BCUT2D eigenvalue weighted by Gasteiger charge is 2.03. The van der Waals surface area contributed by atoms with Crippen molar-refractivity contribution in [3.63, 3.8) is 0 Å². The molecule has 1 aromatic heterocycles. The van der Waals surface area contributed by atoms with Gasteiger partial charge in [-0.2, -0.15) is 0 Å². The summed E-state index contributed by atoms with van der Waals surface area (Å²) in [6.45, 7) is 0.752. The van der Waals surface area contributed by atoms with E-state index in [2.05, 4.69) is 51.8 Å². The molecule has 1 heterocycles. The SMILES string of the molecule is ICCOc1ccc(Cc2ccc(-c3ncco3)cc2)cc1. The smallest absolute Gasteiger partial charge is 0.225 e. The van der Waals surface area contributed by atoms with E-state index >= 15 is 0 Å². The van der Waals surface area contributed by atoms with E-state index in [0.29, 0.717) is 5.89 Å². The summed E-state index contributed by atoms with van der Waals surface area (Å²) in [6.07, 6.45) is 4.15. The molecule has 0 fully saturated rings. The summed E-state index contributed by atoms with van der Waals surface area (Å²) in [5.41, 5.74) is 3.53. The van der Waals surface area contributed by atoms with Crippen LogP contribution in [0.15, 0.2) is 65.4 Å². The number of rotatable bonds is 6. The quantitative estimate of drug-likeness (QED) is 0.439. The van der Waals surface area contributed by atoms with E-state index in [0.717, 1.165) is 28.8 Å². The Balaban J connectivity index is 1.65. The first-order valence-electron chi connectivity index (χ1n) is 7.11. The second-order valence-electron chi connectivity index (χ2n) is 4.89. The average Bonchev–Trinajstić information content (AvgIpc) is 3.09. The maximum absolute atomic E-state index is 5.59. The van der Waals surface area contributed by atoms with E-state index in [1.807, 2.05) is 24.3 Å². The molecule has 3 rings (SSSR count). The molecular weight excluding hydrogens is 389 g/mol. The van der Waals surface area contributed by atoms with Gasteiger partial charge < -0.3 is 9.15 Å². The van der Waals surface area contributed by atoms with Gasteiger partial charge in [0.05, 0.1) is 12.8 Å². The number of oxazole rings is 1. The lowest BCUT2D eigenvalue weighted by Crippen LogP contribution is -1.97. The van der Waals surface area contributed by atoms with Gasteiger partial charge in [0.1, 0.15) is 12.0 Å². The Kier molecular flexibility index (Phi) is 5.11. The van der Waals surface area contributed by atoms with Crippen LogP contribution in [-0.4, -0.2) is 16.0 Å². The first-order valence-corrected chi connectivity index (χ1v) is 8.64. The van der Waals surface area contributed by atoms with E-state index in [4.69, 9.17) is 9.15 Å². The molecule has 0 aliphatic rings. The van der Waals surface area contributed by atoms with E-state index < -0.39 is 0 Å². The summed E-state index contributed by atoms with van der Waals surface area (Å²) in [5.74, 6) is 1.59. The normalized spacial score (nSPS) is 10.6. The van der Waals surface area contributed by atoms with Crippen molar-refractivity contribution < 1.29 is 9.15 Å². The Labute approximate surface area is 143 Å². The van der Waals surface area contributed by atoms with Crippen LogP contribution in [0.2, 0.25) is 0 Å². The molecule has 0 N–H and O–H groups in total. The van der Waals surface area contributed by atoms with E-state index in [1.54, 1.807) is 12.5 Å². The molecule has 0 saturated carbocycles. The number of benzene rings is 2. The van der Waals surface area contributed by atoms with Crippen molar-refractivity contribution >= 4 is 22.6 Å². The van der Waals surface area contributed by atoms with Crippen LogP contribution in [0, 0.1) is 0 Å². The molecule has 0 spiro atoms. The number of ether oxygens (including phenoxy) is 1. The average molecular weight is 405 g/mol. The van der Waals surface area contributed by atoms with Crippen LogP contribution < -0.4 is 4.74 Å². The van der Waals surface area contributed by atoms with E-state index in [-0.39, 0.29) is 0 Å². The summed E-state index contributed by atoms with van der Waals surface area (Å²) in [7, 11) is 0. The maximum Gasteiger partial charge on any atom is 0.225 e. The predicted molar refractivity (Wildman–Crippen MR) is 95.6 cm³/mol. The molecule has 0 aliphatic heterocycles. The minimum atomic E-state index is 0.656. The van der Waals surface area contributed by atoms with E-state index in [1.165, 1.54) is 11.1 Å². The van der Waals surface area contributed by atoms with Crippen LogP contribution in [0.1, 0.15) is 11.1 Å². The zero-order valence-corrected chi connectivity index (χ0v) is 14.2. The van der Waals surface area contributed by atoms with Gasteiger partial charge in [0.2, 0.25) is 5.89 Å².